The monoisotopic (exact) mass is 467 g/mol. The maximum atomic E-state index is 14.0. The Morgan fingerprint density at radius 2 is 1.76 bits per heavy atom. The number of amides is 1. The van der Waals surface area contributed by atoms with E-state index in [4.69, 9.17) is 9.47 Å². The van der Waals surface area contributed by atoms with Gasteiger partial charge in [0.2, 0.25) is 5.91 Å². The molecule has 2 aromatic carbocycles. The molecule has 178 valence electrons. The number of hydrogen-bond acceptors (Lipinski definition) is 7. The SMILES string of the molecule is COc1ccc(-c2nnc(CCC(=O)N3CCN(c4ccccc4F)CC3)c(=O)[nH]2)cc1OC. The maximum Gasteiger partial charge on any atom is 0.273 e. The van der Waals surface area contributed by atoms with Crippen LogP contribution >= 0.6 is 0 Å². The highest BCUT2D eigenvalue weighted by molar-refractivity contribution is 5.76. The normalized spacial score (nSPS) is 13.6. The lowest BCUT2D eigenvalue weighted by Crippen LogP contribution is -2.49. The topological polar surface area (TPSA) is 101 Å². The molecule has 34 heavy (non-hydrogen) atoms. The van der Waals surface area contributed by atoms with E-state index in [-0.39, 0.29) is 30.3 Å². The number of aromatic amines is 1. The summed E-state index contributed by atoms with van der Waals surface area (Å²) in [5.74, 6) is 1.03. The molecule has 10 heteroatoms. The molecule has 1 aliphatic rings. The molecule has 1 saturated heterocycles. The maximum absolute atomic E-state index is 14.0. The summed E-state index contributed by atoms with van der Waals surface area (Å²) in [5, 5.41) is 8.16. The van der Waals surface area contributed by atoms with E-state index in [0.29, 0.717) is 54.8 Å². The number of nitrogens with zero attached hydrogens (tertiary/aromatic N) is 4. The first-order chi connectivity index (χ1) is 16.5. The van der Waals surface area contributed by atoms with E-state index in [1.807, 2.05) is 4.90 Å². The molecule has 0 unspecified atom stereocenters. The van der Waals surface area contributed by atoms with Crippen LogP contribution in [0.25, 0.3) is 11.4 Å². The average Bonchev–Trinajstić information content (AvgIpc) is 2.87. The number of piperazine rings is 1. The van der Waals surface area contributed by atoms with Crippen LogP contribution in [0.5, 0.6) is 11.5 Å². The van der Waals surface area contributed by atoms with Gasteiger partial charge in [-0.15, -0.1) is 10.2 Å². The predicted molar refractivity (Wildman–Crippen MR) is 125 cm³/mol. The minimum atomic E-state index is -0.392. The third kappa shape index (κ3) is 5.00. The minimum Gasteiger partial charge on any atom is -0.493 e. The van der Waals surface area contributed by atoms with Crippen molar-refractivity contribution in [3.63, 3.8) is 0 Å². The van der Waals surface area contributed by atoms with Gasteiger partial charge in [0.1, 0.15) is 11.5 Å². The number of H-pyrrole nitrogens is 1. The van der Waals surface area contributed by atoms with Gasteiger partial charge in [0, 0.05) is 44.6 Å². The smallest absolute Gasteiger partial charge is 0.273 e. The van der Waals surface area contributed by atoms with Crippen LogP contribution in [0.1, 0.15) is 12.1 Å². The molecule has 0 aliphatic carbocycles. The fourth-order valence-electron chi connectivity index (χ4n) is 3.93. The highest BCUT2D eigenvalue weighted by atomic mass is 19.1. The van der Waals surface area contributed by atoms with Gasteiger partial charge in [-0.3, -0.25) is 9.59 Å². The first-order valence-electron chi connectivity index (χ1n) is 11.0. The number of hydrogen-bond donors (Lipinski definition) is 1. The zero-order valence-electron chi connectivity index (χ0n) is 19.1. The molecule has 0 saturated carbocycles. The van der Waals surface area contributed by atoms with Crippen LogP contribution in [0.3, 0.4) is 0 Å². The molecule has 2 heterocycles. The molecule has 1 aromatic heterocycles. The highest BCUT2D eigenvalue weighted by Gasteiger charge is 2.23. The minimum absolute atomic E-state index is 0.0710. The number of halogens is 1. The van der Waals surface area contributed by atoms with Gasteiger partial charge in [0.15, 0.2) is 17.3 Å². The molecule has 1 aliphatic heterocycles. The lowest BCUT2D eigenvalue weighted by molar-refractivity contribution is -0.131. The summed E-state index contributed by atoms with van der Waals surface area (Å²) >= 11 is 0. The molecule has 0 atom stereocenters. The van der Waals surface area contributed by atoms with Crippen LogP contribution in [0.2, 0.25) is 0 Å². The first-order valence-corrected chi connectivity index (χ1v) is 11.0. The first kappa shape index (κ1) is 23.2. The Balaban J connectivity index is 1.35. The van der Waals surface area contributed by atoms with E-state index >= 15 is 0 Å². The summed E-state index contributed by atoms with van der Waals surface area (Å²) in [6, 6.07) is 11.8. The van der Waals surface area contributed by atoms with Crippen molar-refractivity contribution >= 4 is 11.6 Å². The van der Waals surface area contributed by atoms with Gasteiger partial charge in [-0.2, -0.15) is 0 Å². The number of nitrogens with one attached hydrogen (secondary N) is 1. The molecule has 3 aromatic rings. The van der Waals surface area contributed by atoms with Crippen LogP contribution in [0.15, 0.2) is 47.3 Å². The van der Waals surface area contributed by atoms with Crippen molar-refractivity contribution in [1.29, 1.82) is 0 Å². The fourth-order valence-corrected chi connectivity index (χ4v) is 3.93. The summed E-state index contributed by atoms with van der Waals surface area (Å²) < 4.78 is 24.5. The molecular weight excluding hydrogens is 441 g/mol. The van der Waals surface area contributed by atoms with Crippen molar-refractivity contribution in [3.05, 3.63) is 64.3 Å². The van der Waals surface area contributed by atoms with E-state index in [9.17, 15) is 14.0 Å². The zero-order chi connectivity index (χ0) is 24.1. The summed E-state index contributed by atoms with van der Waals surface area (Å²) in [4.78, 5) is 31.6. The van der Waals surface area contributed by atoms with Crippen LogP contribution < -0.4 is 19.9 Å². The second-order valence-corrected chi connectivity index (χ2v) is 7.84. The second kappa shape index (κ2) is 10.3. The van der Waals surface area contributed by atoms with Gasteiger partial charge in [-0.05, 0) is 30.3 Å². The van der Waals surface area contributed by atoms with Gasteiger partial charge >= 0.3 is 0 Å². The molecule has 1 fully saturated rings. The zero-order valence-corrected chi connectivity index (χ0v) is 19.1. The Bertz CT molecular complexity index is 1220. The lowest BCUT2D eigenvalue weighted by atomic mass is 10.1. The summed E-state index contributed by atoms with van der Waals surface area (Å²) in [6.45, 7) is 2.08. The molecule has 0 bridgehead atoms. The molecule has 1 amide bonds. The number of aryl methyl sites for hydroxylation is 1. The number of carbonyl (C=O) groups excluding carboxylic acids is 1. The Labute approximate surface area is 196 Å². The Hall–Kier alpha value is -3.95. The van der Waals surface area contributed by atoms with Crippen molar-refractivity contribution in [3.8, 4) is 22.9 Å². The molecule has 1 N–H and O–H groups in total. The third-order valence-electron chi connectivity index (χ3n) is 5.82. The quantitative estimate of drug-likeness (QED) is 0.569. The number of methoxy groups -OCH3 is 2. The second-order valence-electron chi connectivity index (χ2n) is 7.84. The molecular formula is C24H26FN5O4. The van der Waals surface area contributed by atoms with Gasteiger partial charge in [-0.25, -0.2) is 4.39 Å². The van der Waals surface area contributed by atoms with Crippen LogP contribution in [0, 0.1) is 5.82 Å². The van der Waals surface area contributed by atoms with E-state index in [2.05, 4.69) is 15.2 Å². The Morgan fingerprint density at radius 3 is 2.44 bits per heavy atom. The van der Waals surface area contributed by atoms with Gasteiger partial charge in [-0.1, -0.05) is 12.1 Å². The average molecular weight is 468 g/mol. The van der Waals surface area contributed by atoms with Crippen molar-refractivity contribution in [2.75, 3.05) is 45.3 Å². The van der Waals surface area contributed by atoms with Crippen LogP contribution in [0.4, 0.5) is 10.1 Å². The van der Waals surface area contributed by atoms with E-state index in [1.54, 1.807) is 41.3 Å². The molecule has 0 radical (unpaired) electrons. The third-order valence-corrected chi connectivity index (χ3v) is 5.82. The lowest BCUT2D eigenvalue weighted by Gasteiger charge is -2.36. The predicted octanol–water partition coefficient (Wildman–Crippen LogP) is 2.27. The number of rotatable bonds is 7. The van der Waals surface area contributed by atoms with Crippen molar-refractivity contribution < 1.29 is 18.7 Å². The number of anilines is 1. The number of carbonyl (C=O) groups is 1. The number of benzene rings is 2. The number of aromatic nitrogens is 3. The summed E-state index contributed by atoms with van der Waals surface area (Å²) in [5.41, 5.74) is 0.975. The molecule has 9 nitrogen and oxygen atoms in total. The van der Waals surface area contributed by atoms with Gasteiger partial charge < -0.3 is 24.3 Å². The highest BCUT2D eigenvalue weighted by Crippen LogP contribution is 2.30. The summed E-state index contributed by atoms with van der Waals surface area (Å²) in [6.07, 6.45) is 0.327. The van der Waals surface area contributed by atoms with E-state index in [0.717, 1.165) is 0 Å². The largest absolute Gasteiger partial charge is 0.493 e. The fraction of sp³-hybridized carbons (Fsp3) is 0.333. The van der Waals surface area contributed by atoms with E-state index < -0.39 is 5.56 Å². The Morgan fingerprint density at radius 1 is 1.03 bits per heavy atom. The van der Waals surface area contributed by atoms with E-state index in [1.165, 1.54) is 20.3 Å². The molecule has 4 rings (SSSR count). The number of para-hydroxylation sites is 1. The number of ether oxygens (including phenoxy) is 2. The van der Waals surface area contributed by atoms with Crippen molar-refractivity contribution in [1.82, 2.24) is 20.1 Å². The van der Waals surface area contributed by atoms with Crippen molar-refractivity contribution in [2.45, 2.75) is 12.8 Å². The van der Waals surface area contributed by atoms with Crippen LogP contribution in [-0.2, 0) is 11.2 Å². The van der Waals surface area contributed by atoms with Gasteiger partial charge in [0.05, 0.1) is 19.9 Å². The molecule has 0 spiro atoms. The Kier molecular flexibility index (Phi) is 7.05. The standard InChI is InChI=1S/C24H26FN5O4/c1-33-20-9-7-16(15-21(20)34-2)23-26-24(32)18(27-28-23)8-10-22(31)30-13-11-29(12-14-30)19-6-4-3-5-17(19)25/h3-7,9,15H,8,10-14H2,1-2H3,(H,26,28,32). The van der Waals surface area contributed by atoms with Crippen molar-refractivity contribution in [2.24, 2.45) is 0 Å². The van der Waals surface area contributed by atoms with Crippen LogP contribution in [-0.4, -0.2) is 66.4 Å². The van der Waals surface area contributed by atoms with Gasteiger partial charge in [0.25, 0.3) is 5.56 Å². The summed E-state index contributed by atoms with van der Waals surface area (Å²) in [7, 11) is 3.06.